The fourth-order valence-corrected chi connectivity index (χ4v) is 2.84. The summed E-state index contributed by atoms with van der Waals surface area (Å²) < 4.78 is 1.70. The van der Waals surface area contributed by atoms with Crippen molar-refractivity contribution in [2.45, 2.75) is 5.37 Å². The Hall–Kier alpha value is -0.720. The van der Waals surface area contributed by atoms with Crippen molar-refractivity contribution < 1.29 is 9.28 Å². The van der Waals surface area contributed by atoms with E-state index in [2.05, 4.69) is 42.2 Å². The number of hydrogen-bond donors (Lipinski definition) is 0. The largest absolute Gasteiger partial charge is 0.330 e. The topological polar surface area (TPSA) is 46.5 Å². The van der Waals surface area contributed by atoms with Crippen LogP contribution in [0.3, 0.4) is 0 Å². The summed E-state index contributed by atoms with van der Waals surface area (Å²) in [5.41, 5.74) is 0.519. The Kier molecular flexibility index (Phi) is 6.16. The van der Waals surface area contributed by atoms with E-state index >= 15 is 0 Å². The van der Waals surface area contributed by atoms with Gasteiger partial charge in [0, 0.05) is 15.8 Å². The molecule has 0 N–H and O–H groups in total. The van der Waals surface area contributed by atoms with E-state index in [1.54, 1.807) is 24.3 Å². The SMILES string of the molecule is C[N+](C)(C)CCSC(N=O)C(=O)c1ccc(Br)cc1. The number of halogens is 1. The van der Waals surface area contributed by atoms with E-state index in [0.717, 1.165) is 21.3 Å². The lowest BCUT2D eigenvalue weighted by atomic mass is 10.1. The Morgan fingerprint density at radius 2 is 1.89 bits per heavy atom. The van der Waals surface area contributed by atoms with Gasteiger partial charge in [0.2, 0.25) is 11.2 Å². The summed E-state index contributed by atoms with van der Waals surface area (Å²) in [5, 5.41) is 2.10. The second-order valence-corrected chi connectivity index (χ2v) is 7.32. The van der Waals surface area contributed by atoms with Crippen LogP contribution in [0.15, 0.2) is 33.9 Å². The van der Waals surface area contributed by atoms with Crippen molar-refractivity contribution in [3.8, 4) is 0 Å². The maximum absolute atomic E-state index is 12.1. The van der Waals surface area contributed by atoms with Crippen LogP contribution in [0.1, 0.15) is 10.4 Å². The number of rotatable bonds is 7. The van der Waals surface area contributed by atoms with Crippen molar-refractivity contribution in [3.63, 3.8) is 0 Å². The van der Waals surface area contributed by atoms with Gasteiger partial charge in [0.1, 0.15) is 0 Å². The normalized spacial score (nSPS) is 13.1. The summed E-state index contributed by atoms with van der Waals surface area (Å²) in [6.07, 6.45) is 0. The van der Waals surface area contributed by atoms with E-state index in [1.165, 1.54) is 11.8 Å². The number of quaternary nitrogens is 1. The molecule has 0 aliphatic heterocycles. The molecule has 104 valence electrons. The van der Waals surface area contributed by atoms with Crippen molar-refractivity contribution in [1.29, 1.82) is 0 Å². The number of benzene rings is 1. The van der Waals surface area contributed by atoms with Crippen LogP contribution in [0.2, 0.25) is 0 Å². The van der Waals surface area contributed by atoms with Gasteiger partial charge in [-0.15, -0.1) is 16.7 Å². The average Bonchev–Trinajstić information content (AvgIpc) is 2.33. The molecule has 1 atom stereocenters. The molecule has 0 saturated heterocycles. The number of carbonyl (C=O) groups excluding carboxylic acids is 1. The molecule has 0 aromatic heterocycles. The molecule has 1 aromatic carbocycles. The van der Waals surface area contributed by atoms with Gasteiger partial charge in [-0.05, 0) is 17.3 Å². The fourth-order valence-electron chi connectivity index (χ4n) is 1.35. The Morgan fingerprint density at radius 3 is 2.37 bits per heavy atom. The summed E-state index contributed by atoms with van der Waals surface area (Å²) in [5.74, 6) is 0.497. The number of carbonyl (C=O) groups is 1. The Balaban J connectivity index is 2.62. The molecule has 0 saturated carbocycles. The van der Waals surface area contributed by atoms with Crippen LogP contribution in [0, 0.1) is 4.91 Å². The van der Waals surface area contributed by atoms with Crippen LogP contribution in [0.5, 0.6) is 0 Å². The van der Waals surface area contributed by atoms with Gasteiger partial charge < -0.3 is 4.48 Å². The monoisotopic (exact) mass is 345 g/mol. The predicted octanol–water partition coefficient (Wildman–Crippen LogP) is 3.16. The first-order valence-corrected chi connectivity index (χ1v) is 7.72. The van der Waals surface area contributed by atoms with Gasteiger partial charge >= 0.3 is 0 Å². The minimum absolute atomic E-state index is 0.228. The smallest absolute Gasteiger partial charge is 0.201 e. The van der Waals surface area contributed by atoms with E-state index in [1.807, 2.05) is 0 Å². The first-order chi connectivity index (χ1) is 8.83. The third-order valence-corrected chi connectivity index (χ3v) is 4.05. The van der Waals surface area contributed by atoms with E-state index in [-0.39, 0.29) is 5.78 Å². The summed E-state index contributed by atoms with van der Waals surface area (Å²) in [6, 6.07) is 6.97. The first kappa shape index (κ1) is 16.3. The van der Waals surface area contributed by atoms with Crippen LogP contribution >= 0.6 is 27.7 Å². The second kappa shape index (κ2) is 7.17. The molecule has 1 unspecified atom stereocenters. The molecular formula is C13H18BrN2O2S+. The quantitative estimate of drug-likeness (QED) is 0.433. The second-order valence-electron chi connectivity index (χ2n) is 5.21. The molecular weight excluding hydrogens is 328 g/mol. The number of ketones is 1. The molecule has 0 spiro atoms. The molecule has 0 bridgehead atoms. The molecule has 0 aliphatic carbocycles. The minimum Gasteiger partial charge on any atom is -0.330 e. The van der Waals surface area contributed by atoms with Gasteiger partial charge in [-0.1, -0.05) is 28.1 Å². The van der Waals surface area contributed by atoms with Crippen molar-refractivity contribution in [2.75, 3.05) is 33.4 Å². The van der Waals surface area contributed by atoms with Crippen molar-refractivity contribution in [1.82, 2.24) is 0 Å². The van der Waals surface area contributed by atoms with Gasteiger partial charge in [-0.25, -0.2) is 0 Å². The van der Waals surface area contributed by atoms with Crippen LogP contribution in [-0.2, 0) is 0 Å². The Labute approximate surface area is 126 Å². The molecule has 19 heavy (non-hydrogen) atoms. The molecule has 0 heterocycles. The summed E-state index contributed by atoms with van der Waals surface area (Å²) in [7, 11) is 6.21. The lowest BCUT2D eigenvalue weighted by Gasteiger charge is -2.23. The average molecular weight is 346 g/mol. The Morgan fingerprint density at radius 1 is 1.32 bits per heavy atom. The van der Waals surface area contributed by atoms with Gasteiger partial charge in [0.25, 0.3) is 0 Å². The molecule has 1 aromatic rings. The number of Topliss-reactive ketones (excluding diaryl/α,β-unsaturated/α-hetero) is 1. The third-order valence-electron chi connectivity index (χ3n) is 2.49. The Bertz CT molecular complexity index is 443. The van der Waals surface area contributed by atoms with Gasteiger partial charge in [-0.2, -0.15) is 0 Å². The highest BCUT2D eigenvalue weighted by Crippen LogP contribution is 2.20. The van der Waals surface area contributed by atoms with E-state index in [9.17, 15) is 9.70 Å². The van der Waals surface area contributed by atoms with Crippen molar-refractivity contribution >= 4 is 33.5 Å². The van der Waals surface area contributed by atoms with Gasteiger partial charge in [0.05, 0.1) is 27.7 Å². The van der Waals surface area contributed by atoms with Crippen molar-refractivity contribution in [3.05, 3.63) is 39.2 Å². The lowest BCUT2D eigenvalue weighted by molar-refractivity contribution is -0.867. The summed E-state index contributed by atoms with van der Waals surface area (Å²) in [4.78, 5) is 22.9. The zero-order valence-electron chi connectivity index (χ0n) is 11.3. The number of nitroso groups, excluding NO2 is 1. The highest BCUT2D eigenvalue weighted by atomic mass is 79.9. The molecule has 0 aliphatic rings. The molecule has 0 fully saturated rings. The van der Waals surface area contributed by atoms with E-state index < -0.39 is 5.37 Å². The van der Waals surface area contributed by atoms with E-state index in [0.29, 0.717) is 5.56 Å². The molecule has 0 radical (unpaired) electrons. The van der Waals surface area contributed by atoms with Crippen LogP contribution in [0.25, 0.3) is 0 Å². The minimum atomic E-state index is -0.854. The molecule has 0 amide bonds. The van der Waals surface area contributed by atoms with E-state index in [4.69, 9.17) is 0 Å². The molecule has 6 heteroatoms. The standard InChI is InChI=1S/C13H18BrN2O2S/c1-16(2,3)8-9-19-13(15-18)12(17)10-4-6-11(14)7-5-10/h4-7,13H,8-9H2,1-3H3/q+1. The fraction of sp³-hybridized carbons (Fsp3) is 0.462. The maximum atomic E-state index is 12.1. The highest BCUT2D eigenvalue weighted by Gasteiger charge is 2.22. The van der Waals surface area contributed by atoms with Crippen LogP contribution in [-0.4, -0.2) is 49.1 Å². The number of nitrogens with zero attached hydrogens (tertiary/aromatic N) is 2. The van der Waals surface area contributed by atoms with Gasteiger partial charge in [0.15, 0.2) is 0 Å². The highest BCUT2D eigenvalue weighted by molar-refractivity contribution is 9.10. The third kappa shape index (κ3) is 5.84. The number of thioether (sulfide) groups is 1. The summed E-state index contributed by atoms with van der Waals surface area (Å²) in [6.45, 7) is 0.879. The van der Waals surface area contributed by atoms with Crippen molar-refractivity contribution in [2.24, 2.45) is 5.18 Å². The summed E-state index contributed by atoms with van der Waals surface area (Å²) >= 11 is 4.61. The zero-order chi connectivity index (χ0) is 14.5. The zero-order valence-corrected chi connectivity index (χ0v) is 13.7. The molecule has 4 nitrogen and oxygen atoms in total. The first-order valence-electron chi connectivity index (χ1n) is 5.88. The van der Waals surface area contributed by atoms with Gasteiger partial charge in [-0.3, -0.25) is 4.79 Å². The maximum Gasteiger partial charge on any atom is 0.201 e. The molecule has 1 rings (SSSR count). The predicted molar refractivity (Wildman–Crippen MR) is 83.4 cm³/mol. The van der Waals surface area contributed by atoms with Crippen LogP contribution in [0.4, 0.5) is 0 Å². The number of hydrogen-bond acceptors (Lipinski definition) is 4. The lowest BCUT2D eigenvalue weighted by Crippen LogP contribution is -2.37. The van der Waals surface area contributed by atoms with Crippen LogP contribution < -0.4 is 0 Å².